The molecule has 0 aliphatic carbocycles. The number of primary sulfonamides is 1. The van der Waals surface area contributed by atoms with Crippen molar-refractivity contribution in [2.75, 3.05) is 22.6 Å². The lowest BCUT2D eigenvalue weighted by Gasteiger charge is -2.18. The molecule has 1 aromatic carbocycles. The summed E-state index contributed by atoms with van der Waals surface area (Å²) in [4.78, 5) is 0.0744. The van der Waals surface area contributed by atoms with Gasteiger partial charge in [0, 0.05) is 23.2 Å². The van der Waals surface area contributed by atoms with Crippen molar-refractivity contribution in [2.45, 2.75) is 31.7 Å². The fourth-order valence-electron chi connectivity index (χ4n) is 1.76. The number of nitrogens with two attached hydrogens (primary N) is 2. The number of thioether (sulfide) groups is 1. The fourth-order valence-corrected chi connectivity index (χ4v) is 3.27. The zero-order chi connectivity index (χ0) is 14.6. The van der Waals surface area contributed by atoms with Crippen LogP contribution in [0.4, 0.5) is 11.4 Å². The average molecular weight is 303 g/mol. The second-order valence-electron chi connectivity index (χ2n) is 4.44. The number of nitrogen functional groups attached to an aromatic ring is 1. The van der Waals surface area contributed by atoms with E-state index in [1.54, 1.807) is 13.0 Å². The largest absolute Gasteiger partial charge is 0.399 e. The molecule has 0 bridgehead atoms. The molecule has 5 nitrogen and oxygen atoms in total. The molecule has 0 aliphatic rings. The Morgan fingerprint density at radius 1 is 1.42 bits per heavy atom. The highest BCUT2D eigenvalue weighted by Gasteiger charge is 2.16. The Morgan fingerprint density at radius 3 is 2.58 bits per heavy atom. The van der Waals surface area contributed by atoms with Crippen LogP contribution in [-0.4, -0.2) is 26.0 Å². The molecule has 1 rings (SSSR count). The molecular weight excluding hydrogens is 282 g/mol. The minimum Gasteiger partial charge on any atom is -0.399 e. The van der Waals surface area contributed by atoms with Gasteiger partial charge in [-0.2, -0.15) is 11.8 Å². The van der Waals surface area contributed by atoms with Gasteiger partial charge in [-0.1, -0.05) is 6.92 Å². The van der Waals surface area contributed by atoms with Crippen LogP contribution in [0.5, 0.6) is 0 Å². The number of rotatable bonds is 6. The third kappa shape index (κ3) is 4.59. The maximum Gasteiger partial charge on any atom is 0.238 e. The fraction of sp³-hybridized carbons (Fsp3) is 0.500. The zero-order valence-corrected chi connectivity index (χ0v) is 13.1. The molecule has 0 spiro atoms. The van der Waals surface area contributed by atoms with E-state index in [2.05, 4.69) is 12.2 Å². The van der Waals surface area contributed by atoms with Crippen LogP contribution in [0.3, 0.4) is 0 Å². The zero-order valence-electron chi connectivity index (χ0n) is 11.4. The quantitative estimate of drug-likeness (QED) is 0.696. The number of sulfonamides is 1. The summed E-state index contributed by atoms with van der Waals surface area (Å²) < 4.78 is 23.0. The van der Waals surface area contributed by atoms with Gasteiger partial charge in [-0.05, 0) is 37.3 Å². The lowest BCUT2D eigenvalue weighted by Crippen LogP contribution is -2.21. The first kappa shape index (κ1) is 16.1. The van der Waals surface area contributed by atoms with Gasteiger partial charge in [0.25, 0.3) is 0 Å². The molecule has 0 saturated heterocycles. The van der Waals surface area contributed by atoms with E-state index in [-0.39, 0.29) is 10.9 Å². The van der Waals surface area contributed by atoms with Crippen LogP contribution < -0.4 is 16.2 Å². The molecule has 0 aromatic heterocycles. The summed E-state index contributed by atoms with van der Waals surface area (Å²) in [6.45, 7) is 5.87. The number of hydrogen-bond acceptors (Lipinski definition) is 5. The first-order valence-electron chi connectivity index (χ1n) is 6.03. The molecule has 1 atom stereocenters. The molecule has 1 unspecified atom stereocenters. The molecule has 0 radical (unpaired) electrons. The third-order valence-corrected chi connectivity index (χ3v) is 4.84. The number of nitrogens with one attached hydrogen (secondary N) is 1. The van der Waals surface area contributed by atoms with Crippen molar-refractivity contribution in [3.63, 3.8) is 0 Å². The summed E-state index contributed by atoms with van der Waals surface area (Å²) in [5.74, 6) is 1.99. The van der Waals surface area contributed by atoms with Crippen molar-refractivity contribution in [3.8, 4) is 0 Å². The molecule has 0 heterocycles. The Morgan fingerprint density at radius 2 is 2.05 bits per heavy atom. The maximum atomic E-state index is 11.5. The van der Waals surface area contributed by atoms with Gasteiger partial charge < -0.3 is 11.1 Å². The molecule has 1 aromatic rings. The summed E-state index contributed by atoms with van der Waals surface area (Å²) in [5.41, 5.74) is 7.44. The Hall–Kier alpha value is -0.920. The maximum absolute atomic E-state index is 11.5. The standard InChI is InChI=1S/C12H21N3O2S2/c1-4-18-7-8(2)15-11-5-10(13)6-12(9(11)3)19(14,16)17/h5-6,8,15H,4,7,13H2,1-3H3,(H2,14,16,17). The van der Waals surface area contributed by atoms with Gasteiger partial charge >= 0.3 is 0 Å². The summed E-state index contributed by atoms with van der Waals surface area (Å²) in [7, 11) is -3.76. The van der Waals surface area contributed by atoms with Crippen molar-refractivity contribution in [2.24, 2.45) is 5.14 Å². The molecule has 0 amide bonds. The van der Waals surface area contributed by atoms with E-state index >= 15 is 0 Å². The van der Waals surface area contributed by atoms with Gasteiger partial charge in [-0.25, -0.2) is 13.6 Å². The van der Waals surface area contributed by atoms with Crippen molar-refractivity contribution in [1.29, 1.82) is 0 Å². The molecular formula is C12H21N3O2S2. The van der Waals surface area contributed by atoms with Gasteiger partial charge in [-0.3, -0.25) is 0 Å². The van der Waals surface area contributed by atoms with Gasteiger partial charge in [0.2, 0.25) is 10.0 Å². The van der Waals surface area contributed by atoms with Crippen LogP contribution in [-0.2, 0) is 10.0 Å². The Balaban J connectivity index is 3.05. The van der Waals surface area contributed by atoms with Gasteiger partial charge in [0.1, 0.15) is 0 Å². The minimum atomic E-state index is -3.76. The second kappa shape index (κ2) is 6.49. The Kier molecular flexibility index (Phi) is 5.51. The van der Waals surface area contributed by atoms with Crippen LogP contribution >= 0.6 is 11.8 Å². The Labute approximate surface area is 119 Å². The monoisotopic (exact) mass is 303 g/mol. The predicted octanol–water partition coefficient (Wildman–Crippen LogP) is 1.78. The van der Waals surface area contributed by atoms with E-state index in [9.17, 15) is 8.42 Å². The SMILES string of the molecule is CCSCC(C)Nc1cc(N)cc(S(N)(=O)=O)c1C. The number of benzene rings is 1. The van der Waals surface area contributed by atoms with E-state index in [1.807, 2.05) is 18.7 Å². The molecule has 0 fully saturated rings. The van der Waals surface area contributed by atoms with Crippen LogP contribution in [0.25, 0.3) is 0 Å². The summed E-state index contributed by atoms with van der Waals surface area (Å²) in [5, 5.41) is 8.47. The van der Waals surface area contributed by atoms with Crippen LogP contribution in [0.2, 0.25) is 0 Å². The topological polar surface area (TPSA) is 98.2 Å². The van der Waals surface area contributed by atoms with Crippen molar-refractivity contribution in [1.82, 2.24) is 0 Å². The van der Waals surface area contributed by atoms with E-state index in [1.165, 1.54) is 6.07 Å². The van der Waals surface area contributed by atoms with Crippen molar-refractivity contribution < 1.29 is 8.42 Å². The smallest absolute Gasteiger partial charge is 0.238 e. The minimum absolute atomic E-state index is 0.0744. The highest BCUT2D eigenvalue weighted by molar-refractivity contribution is 7.99. The normalized spacial score (nSPS) is 13.3. The Bertz CT molecular complexity index is 544. The summed E-state index contributed by atoms with van der Waals surface area (Å²) in [6, 6.07) is 3.34. The van der Waals surface area contributed by atoms with Crippen LogP contribution in [0.15, 0.2) is 17.0 Å². The average Bonchev–Trinajstić information content (AvgIpc) is 2.29. The van der Waals surface area contributed by atoms with Gasteiger partial charge in [-0.15, -0.1) is 0 Å². The lowest BCUT2D eigenvalue weighted by atomic mass is 10.1. The van der Waals surface area contributed by atoms with Crippen molar-refractivity contribution in [3.05, 3.63) is 17.7 Å². The van der Waals surface area contributed by atoms with Gasteiger partial charge in [0.15, 0.2) is 0 Å². The van der Waals surface area contributed by atoms with Crippen molar-refractivity contribution >= 4 is 33.2 Å². The molecule has 0 aliphatic heterocycles. The van der Waals surface area contributed by atoms with Crippen LogP contribution in [0.1, 0.15) is 19.4 Å². The van der Waals surface area contributed by atoms with E-state index < -0.39 is 10.0 Å². The lowest BCUT2D eigenvalue weighted by molar-refractivity contribution is 0.597. The molecule has 19 heavy (non-hydrogen) atoms. The van der Waals surface area contributed by atoms with E-state index in [0.29, 0.717) is 16.9 Å². The molecule has 7 heteroatoms. The summed E-state index contributed by atoms with van der Waals surface area (Å²) >= 11 is 1.82. The number of anilines is 2. The van der Waals surface area contributed by atoms with E-state index in [4.69, 9.17) is 10.9 Å². The van der Waals surface area contributed by atoms with Gasteiger partial charge in [0.05, 0.1) is 4.90 Å². The molecule has 108 valence electrons. The second-order valence-corrected chi connectivity index (χ2v) is 7.29. The first-order valence-corrected chi connectivity index (χ1v) is 8.73. The highest BCUT2D eigenvalue weighted by Crippen LogP contribution is 2.26. The first-order chi connectivity index (χ1) is 8.75. The van der Waals surface area contributed by atoms with Crippen LogP contribution in [0, 0.1) is 6.92 Å². The van der Waals surface area contributed by atoms with E-state index in [0.717, 1.165) is 11.5 Å². The summed E-state index contributed by atoms with van der Waals surface area (Å²) in [6.07, 6.45) is 0. The molecule has 5 N–H and O–H groups in total. The number of hydrogen-bond donors (Lipinski definition) is 3. The highest BCUT2D eigenvalue weighted by atomic mass is 32.2. The predicted molar refractivity (Wildman–Crippen MR) is 83.0 cm³/mol. The molecule has 0 saturated carbocycles. The third-order valence-electron chi connectivity index (χ3n) is 2.66.